The van der Waals surface area contributed by atoms with E-state index in [0.29, 0.717) is 7.18 Å². The van der Waals surface area contributed by atoms with Crippen molar-refractivity contribution in [2.75, 3.05) is 7.18 Å². The van der Waals surface area contributed by atoms with Crippen LogP contribution < -0.4 is 0 Å². The van der Waals surface area contributed by atoms with Crippen molar-refractivity contribution in [3.05, 3.63) is 0 Å². The highest BCUT2D eigenvalue weighted by Gasteiger charge is 1.22. The minimum Gasteiger partial charge on any atom is -0.255 e. The van der Waals surface area contributed by atoms with Gasteiger partial charge in [0.1, 0.15) is 0 Å². The van der Waals surface area contributed by atoms with Crippen molar-refractivity contribution in [2.24, 2.45) is 0 Å². The number of halogens is 1. The van der Waals surface area contributed by atoms with E-state index in [-0.39, 0.29) is 0 Å². The Kier molecular flexibility index (Phi) is 161. The van der Waals surface area contributed by atoms with Gasteiger partial charge in [-0.2, -0.15) is 0 Å². The van der Waals surface area contributed by atoms with E-state index in [0.717, 1.165) is 0 Å². The molecule has 0 rings (SSSR count). The summed E-state index contributed by atoms with van der Waals surface area (Å²) < 4.78 is 9.50. The van der Waals surface area contributed by atoms with Gasteiger partial charge in [-0.1, -0.05) is 0 Å². The van der Waals surface area contributed by atoms with E-state index in [9.17, 15) is 4.39 Å². The summed E-state index contributed by atoms with van der Waals surface area (Å²) in [6, 6.07) is 0. The zero-order valence-electron chi connectivity index (χ0n) is 2.90. The third-order valence-corrected chi connectivity index (χ3v) is 0. The van der Waals surface area contributed by atoms with Crippen molar-refractivity contribution in [1.29, 1.82) is 5.26 Å². The molecule has 0 aliphatic heterocycles. The standard InChI is InChI=1S/CBN.CH3F/c2-1-3;1-2/h;1H3. The molecule has 0 saturated carbocycles. The van der Waals surface area contributed by atoms with E-state index >= 15 is 0 Å². The van der Waals surface area contributed by atoms with Gasteiger partial charge in [0.15, 0.2) is 0 Å². The van der Waals surface area contributed by atoms with Crippen LogP contribution in [0.4, 0.5) is 4.39 Å². The van der Waals surface area contributed by atoms with Gasteiger partial charge < -0.3 is 0 Å². The predicted molar refractivity (Wildman–Crippen MR) is 18.4 cm³/mol. The fourth-order valence-electron chi connectivity index (χ4n) is 0. The predicted octanol–water partition coefficient (Wildman–Crippen LogP) is 0.222. The third-order valence-electron chi connectivity index (χ3n) is 0. The summed E-state index contributed by atoms with van der Waals surface area (Å²) in [7, 11) is 4.65. The average molecular weight is 70.9 g/mol. The lowest BCUT2D eigenvalue weighted by molar-refractivity contribution is 0.636. The average Bonchev–Trinajstić information content (AvgIpc) is 1.46. The molecule has 0 aromatic carbocycles. The Morgan fingerprint density at radius 3 is 1.80 bits per heavy atom. The van der Waals surface area contributed by atoms with Crippen LogP contribution in [0.2, 0.25) is 0 Å². The van der Waals surface area contributed by atoms with Gasteiger partial charge in [0, 0.05) is 0 Å². The van der Waals surface area contributed by atoms with Gasteiger partial charge in [-0.15, -0.1) is 0 Å². The Morgan fingerprint density at radius 2 is 1.80 bits per heavy atom. The summed E-state index contributed by atoms with van der Waals surface area (Å²) >= 11 is 0. The van der Waals surface area contributed by atoms with Crippen LogP contribution >= 0.6 is 0 Å². The maximum Gasteiger partial charge on any atom is 0.229 e. The zero-order valence-corrected chi connectivity index (χ0v) is 2.90. The molecule has 2 radical (unpaired) electrons. The minimum atomic E-state index is 0.500. The van der Waals surface area contributed by atoms with Gasteiger partial charge >= 0.3 is 0 Å². The molecule has 0 heterocycles. The molecule has 0 aliphatic carbocycles. The van der Waals surface area contributed by atoms with Gasteiger partial charge in [0.2, 0.25) is 7.85 Å². The normalized spacial score (nSPS) is 2.60. The topological polar surface area (TPSA) is 23.8 Å². The first-order valence-corrected chi connectivity index (χ1v) is 0.890. The molecule has 0 aromatic heterocycles. The molecule has 3 heteroatoms. The van der Waals surface area contributed by atoms with Crippen molar-refractivity contribution >= 4 is 7.85 Å². The van der Waals surface area contributed by atoms with E-state index in [1.165, 1.54) is 5.97 Å². The summed E-state index contributed by atoms with van der Waals surface area (Å²) in [5.41, 5.74) is 0. The fourth-order valence-corrected chi connectivity index (χ4v) is 0. The molecule has 0 aromatic rings. The second-order valence-corrected chi connectivity index (χ2v) is 0.129. The van der Waals surface area contributed by atoms with Crippen LogP contribution in [0, 0.1) is 11.2 Å². The van der Waals surface area contributed by atoms with Crippen molar-refractivity contribution in [1.82, 2.24) is 0 Å². The Balaban J connectivity index is 0. The molecule has 1 nitrogen and oxygen atoms in total. The molecule has 0 saturated heterocycles. The van der Waals surface area contributed by atoms with Crippen LogP contribution in [0.25, 0.3) is 0 Å². The second kappa shape index (κ2) is 91.5. The van der Waals surface area contributed by atoms with Crippen molar-refractivity contribution in [2.45, 2.75) is 0 Å². The van der Waals surface area contributed by atoms with Crippen molar-refractivity contribution in [3.63, 3.8) is 0 Å². The van der Waals surface area contributed by atoms with Crippen LogP contribution in [0.3, 0.4) is 0 Å². The number of hydrogen-bond donors (Lipinski definition) is 0. The van der Waals surface area contributed by atoms with Gasteiger partial charge in [-0.05, 0) is 5.97 Å². The van der Waals surface area contributed by atoms with E-state index in [1.54, 1.807) is 0 Å². The Hall–Kier alpha value is -0.515. The second-order valence-electron chi connectivity index (χ2n) is 0.129. The van der Waals surface area contributed by atoms with Crippen molar-refractivity contribution in [3.8, 4) is 5.97 Å². The Labute approximate surface area is 31.8 Å². The van der Waals surface area contributed by atoms with E-state index in [1.807, 2.05) is 0 Å². The number of rotatable bonds is 0. The highest BCUT2D eigenvalue weighted by Crippen LogP contribution is 1.16. The molecule has 0 atom stereocenters. The highest BCUT2D eigenvalue weighted by molar-refractivity contribution is 6.20. The number of nitrogens with zero attached hydrogens (tertiary/aromatic N) is 1. The maximum atomic E-state index is 9.50. The molecule has 0 spiro atoms. The van der Waals surface area contributed by atoms with Crippen LogP contribution in [0.15, 0.2) is 0 Å². The SMILES string of the molecule is CF.[B]C#N. The van der Waals surface area contributed by atoms with Gasteiger partial charge in [-0.3, -0.25) is 4.39 Å². The van der Waals surface area contributed by atoms with E-state index < -0.39 is 0 Å². The molecular weight excluding hydrogens is 67.8 g/mol. The number of nitriles is 1. The molecule has 0 N–H and O–H groups in total. The van der Waals surface area contributed by atoms with Crippen LogP contribution in [0.1, 0.15) is 0 Å². The Bertz CT molecular complexity index is 31.1. The summed E-state index contributed by atoms with van der Waals surface area (Å²) in [5, 5.41) is 7.10. The zero-order chi connectivity index (χ0) is 4.71. The summed E-state index contributed by atoms with van der Waals surface area (Å²) in [6.07, 6.45) is 0. The summed E-state index contributed by atoms with van der Waals surface area (Å²) in [5.74, 6) is 1.25. The molecule has 5 heavy (non-hydrogen) atoms. The monoisotopic (exact) mass is 71.0 g/mol. The lowest BCUT2D eigenvalue weighted by Crippen LogP contribution is -1.32. The van der Waals surface area contributed by atoms with Crippen molar-refractivity contribution < 1.29 is 4.39 Å². The van der Waals surface area contributed by atoms with Gasteiger partial charge in [0.05, 0.1) is 7.18 Å². The first kappa shape index (κ1) is 8.82. The fraction of sp³-hybridized carbons (Fsp3) is 0.500. The van der Waals surface area contributed by atoms with E-state index in [4.69, 9.17) is 5.26 Å². The number of alkyl halides is 1. The molecule has 0 fully saturated rings. The summed E-state index contributed by atoms with van der Waals surface area (Å²) in [4.78, 5) is 0. The first-order valence-electron chi connectivity index (χ1n) is 0.890. The molecule has 0 amide bonds. The smallest absolute Gasteiger partial charge is 0.229 e. The minimum absolute atomic E-state index is 0.500. The lowest BCUT2D eigenvalue weighted by atomic mass is 10.2. The van der Waals surface area contributed by atoms with E-state index in [2.05, 4.69) is 7.85 Å². The quantitative estimate of drug-likeness (QED) is 0.375. The largest absolute Gasteiger partial charge is 0.255 e. The van der Waals surface area contributed by atoms with Crippen LogP contribution in [-0.2, 0) is 0 Å². The lowest BCUT2D eigenvalue weighted by Gasteiger charge is -1.12. The van der Waals surface area contributed by atoms with Gasteiger partial charge in [-0.25, -0.2) is 5.26 Å². The summed E-state index contributed by atoms with van der Waals surface area (Å²) in [6.45, 7) is 0. The van der Waals surface area contributed by atoms with Crippen LogP contribution in [-0.4, -0.2) is 15.0 Å². The molecule has 0 aliphatic rings. The first-order chi connectivity index (χ1) is 2.41. The third kappa shape index (κ3) is 29.0. The Morgan fingerprint density at radius 1 is 1.80 bits per heavy atom. The number of hydrogen-bond acceptors (Lipinski definition) is 1. The molecule has 26 valence electrons. The van der Waals surface area contributed by atoms with Crippen LogP contribution in [0.5, 0.6) is 0 Å². The molecule has 0 unspecified atom stereocenters. The van der Waals surface area contributed by atoms with Gasteiger partial charge in [0.25, 0.3) is 0 Å². The molecule has 0 bridgehead atoms. The molecular formula is C2H3BFN. The maximum absolute atomic E-state index is 9.50. The highest BCUT2D eigenvalue weighted by atomic mass is 19.1.